The molecule has 0 saturated carbocycles. The van der Waals surface area contributed by atoms with Crippen LogP contribution in [-0.2, 0) is 14.3 Å². The van der Waals surface area contributed by atoms with E-state index in [1.165, 1.54) is 0 Å². The van der Waals surface area contributed by atoms with Crippen LogP contribution in [0.5, 0.6) is 0 Å². The van der Waals surface area contributed by atoms with E-state index in [1.54, 1.807) is 25.7 Å². The molecule has 132 valence electrons. The van der Waals surface area contributed by atoms with Crippen molar-refractivity contribution in [2.45, 2.75) is 57.6 Å². The Morgan fingerprint density at radius 3 is 2.04 bits per heavy atom. The van der Waals surface area contributed by atoms with Gasteiger partial charge in [0.15, 0.2) is 0 Å². The van der Waals surface area contributed by atoms with Crippen molar-refractivity contribution in [1.82, 2.24) is 10.2 Å². The largest absolute Gasteiger partial charge is 0.473 e. The van der Waals surface area contributed by atoms with Crippen molar-refractivity contribution in [2.24, 2.45) is 0 Å². The number of carbonyl (C=O) groups excluding carboxylic acids is 1. The van der Waals surface area contributed by atoms with Gasteiger partial charge in [-0.1, -0.05) is 0 Å². The Morgan fingerprint density at radius 1 is 1.09 bits per heavy atom. The van der Waals surface area contributed by atoms with Crippen LogP contribution in [0.1, 0.15) is 46.5 Å². The predicted octanol–water partition coefficient (Wildman–Crippen LogP) is 1.30. The van der Waals surface area contributed by atoms with Gasteiger partial charge in [-0.3, -0.25) is 0 Å². The summed E-state index contributed by atoms with van der Waals surface area (Å²) in [5.74, 6) is -2.78. The number of carboxylic acid groups (broad SMARTS) is 2. The average Bonchev–Trinajstić information content (AvgIpc) is 2.81. The molecule has 2 saturated heterocycles. The molecule has 8 heteroatoms. The minimum atomic E-state index is -1.56. The molecule has 0 aromatic rings. The smallest absolute Gasteiger partial charge is 0.417 e. The number of piperidine rings is 1. The van der Waals surface area contributed by atoms with Gasteiger partial charge in [0, 0.05) is 12.1 Å². The Balaban J connectivity index is 0.000000241. The highest BCUT2D eigenvalue weighted by atomic mass is 16.6. The molecule has 0 bridgehead atoms. The first kappa shape index (κ1) is 19.2. The van der Waals surface area contributed by atoms with Gasteiger partial charge in [0.05, 0.1) is 0 Å². The summed E-state index contributed by atoms with van der Waals surface area (Å²) in [6.45, 7) is 7.47. The normalized spacial score (nSPS) is 19.7. The van der Waals surface area contributed by atoms with E-state index in [0.29, 0.717) is 0 Å². The maximum absolute atomic E-state index is 11.0. The summed E-state index contributed by atoms with van der Waals surface area (Å²) in [7, 11) is 0. The summed E-state index contributed by atoms with van der Waals surface area (Å²) in [4.78, 5) is 32.9. The van der Waals surface area contributed by atoms with Crippen LogP contribution in [-0.4, -0.2) is 63.9 Å². The third-order valence-corrected chi connectivity index (χ3v) is 3.94. The van der Waals surface area contributed by atoms with Gasteiger partial charge in [-0.25, -0.2) is 14.4 Å². The number of nitrogens with zero attached hydrogens (tertiary/aromatic N) is 1. The minimum absolute atomic E-state index is 0.0168. The van der Waals surface area contributed by atoms with Crippen LogP contribution in [0.2, 0.25) is 0 Å². The summed E-state index contributed by atoms with van der Waals surface area (Å²) in [6.07, 6.45) is 3.32. The molecule has 0 aromatic heterocycles. The molecule has 0 unspecified atom stereocenters. The van der Waals surface area contributed by atoms with Crippen molar-refractivity contribution in [2.75, 3.05) is 19.6 Å². The van der Waals surface area contributed by atoms with Gasteiger partial charge in [0.1, 0.15) is 5.60 Å². The van der Waals surface area contributed by atoms with Crippen LogP contribution in [0, 0.1) is 0 Å². The van der Waals surface area contributed by atoms with Gasteiger partial charge < -0.3 is 25.2 Å². The first-order valence-electron chi connectivity index (χ1n) is 7.75. The third-order valence-electron chi connectivity index (χ3n) is 3.94. The van der Waals surface area contributed by atoms with Gasteiger partial charge in [0.25, 0.3) is 0 Å². The molecule has 2 heterocycles. The maximum atomic E-state index is 11.0. The Hall–Kier alpha value is -1.83. The molecule has 0 atom stereocenters. The van der Waals surface area contributed by atoms with E-state index in [2.05, 4.69) is 10.1 Å². The number of esters is 1. The molecule has 1 amide bonds. The van der Waals surface area contributed by atoms with Crippen LogP contribution in [0.25, 0.3) is 0 Å². The van der Waals surface area contributed by atoms with Crippen LogP contribution in [0.3, 0.4) is 0 Å². The summed E-state index contributed by atoms with van der Waals surface area (Å²) in [5.41, 5.74) is -0.743. The molecule has 0 aromatic carbocycles. The van der Waals surface area contributed by atoms with Crippen molar-refractivity contribution >= 4 is 18.0 Å². The zero-order chi connectivity index (χ0) is 17.7. The van der Waals surface area contributed by atoms with Crippen LogP contribution in [0.4, 0.5) is 4.79 Å². The number of likely N-dealkylation sites (tertiary alicyclic amines) is 1. The van der Waals surface area contributed by atoms with Crippen molar-refractivity contribution in [3.63, 3.8) is 0 Å². The third kappa shape index (κ3) is 5.70. The van der Waals surface area contributed by atoms with E-state index >= 15 is 0 Å². The summed E-state index contributed by atoms with van der Waals surface area (Å²) < 4.78 is 4.46. The van der Waals surface area contributed by atoms with E-state index in [-0.39, 0.29) is 5.54 Å². The molecule has 8 nitrogen and oxygen atoms in total. The monoisotopic (exact) mass is 330 g/mol. The quantitative estimate of drug-likeness (QED) is 0.453. The fraction of sp³-hybridized carbons (Fsp3) is 0.800. The fourth-order valence-corrected chi connectivity index (χ4v) is 2.97. The molecule has 2 aliphatic rings. The highest BCUT2D eigenvalue weighted by molar-refractivity contribution is 6.28. The molecule has 1 spiro atoms. The van der Waals surface area contributed by atoms with Gasteiger partial charge in [-0.15, -0.1) is 0 Å². The number of hydrogen-bond acceptors (Lipinski definition) is 5. The zero-order valence-electron chi connectivity index (χ0n) is 13.9. The minimum Gasteiger partial charge on any atom is -0.473 e. The number of amides is 1. The van der Waals surface area contributed by atoms with Crippen molar-refractivity contribution in [3.8, 4) is 0 Å². The lowest BCUT2D eigenvalue weighted by molar-refractivity contribution is -0.171. The van der Waals surface area contributed by atoms with Gasteiger partial charge in [-0.2, -0.15) is 0 Å². The molecular weight excluding hydrogens is 304 g/mol. The van der Waals surface area contributed by atoms with E-state index in [9.17, 15) is 14.4 Å². The van der Waals surface area contributed by atoms with Gasteiger partial charge in [-0.05, 0) is 59.5 Å². The number of hydrogen-bond donors (Lipinski definition) is 3. The predicted molar refractivity (Wildman–Crippen MR) is 82.3 cm³/mol. The second-order valence-corrected chi connectivity index (χ2v) is 6.82. The highest BCUT2D eigenvalue weighted by Crippen LogP contribution is 2.36. The number of rotatable bonds is 0. The Labute approximate surface area is 135 Å². The van der Waals surface area contributed by atoms with E-state index in [0.717, 1.165) is 45.3 Å². The lowest BCUT2D eigenvalue weighted by atomic mass is 9.86. The fourth-order valence-electron chi connectivity index (χ4n) is 2.97. The first-order chi connectivity index (χ1) is 10.6. The Bertz CT molecular complexity index is 451. The second kappa shape index (κ2) is 7.63. The number of carbonyl (C=O) groups is 3. The number of nitrogens with one attached hydrogen (secondary N) is 1. The molecule has 0 radical (unpaired) electrons. The molecule has 0 aliphatic carbocycles. The summed E-state index contributed by atoms with van der Waals surface area (Å²) in [5, 5.41) is 20.4. The van der Waals surface area contributed by atoms with Crippen molar-refractivity contribution in [3.05, 3.63) is 0 Å². The number of carboxylic acids is 1. The highest BCUT2D eigenvalue weighted by Gasteiger charge is 2.43. The number of ether oxygens (including phenoxy) is 1. The molecule has 2 fully saturated rings. The lowest BCUT2D eigenvalue weighted by Gasteiger charge is -2.40. The lowest BCUT2D eigenvalue weighted by Crippen LogP contribution is -2.52. The standard InChI is InChI=1S/C9H16N2O2.C6H10O4/c12-8(13)11-7-1-2-9(11)3-5-10-6-4-9;1-6(2,3)10-5(9)4(7)8/h10H,1-7H2,(H,12,13);1-3H3,(H,7,8). The molecule has 2 rings (SSSR count). The van der Waals surface area contributed by atoms with Gasteiger partial charge >= 0.3 is 18.0 Å². The summed E-state index contributed by atoms with van der Waals surface area (Å²) >= 11 is 0. The molecule has 3 N–H and O–H groups in total. The average molecular weight is 330 g/mol. The second-order valence-electron chi connectivity index (χ2n) is 6.82. The topological polar surface area (TPSA) is 116 Å². The van der Waals surface area contributed by atoms with Crippen molar-refractivity contribution in [1.29, 1.82) is 0 Å². The van der Waals surface area contributed by atoms with E-state index < -0.39 is 23.6 Å². The SMILES string of the molecule is CC(C)(C)OC(=O)C(=O)O.O=C(O)N1CCCC12CCNCC2. The number of aliphatic carboxylic acids is 1. The Kier molecular flexibility index (Phi) is 6.37. The molecular formula is C15H26N2O6. The van der Waals surface area contributed by atoms with E-state index in [4.69, 9.17) is 10.2 Å². The Morgan fingerprint density at radius 2 is 1.65 bits per heavy atom. The van der Waals surface area contributed by atoms with Crippen LogP contribution < -0.4 is 5.32 Å². The van der Waals surface area contributed by atoms with Crippen molar-refractivity contribution < 1.29 is 29.3 Å². The van der Waals surface area contributed by atoms with Gasteiger partial charge in [0.2, 0.25) is 0 Å². The first-order valence-corrected chi connectivity index (χ1v) is 7.75. The molecule has 2 aliphatic heterocycles. The summed E-state index contributed by atoms with van der Waals surface area (Å²) in [6, 6.07) is 0. The zero-order valence-corrected chi connectivity index (χ0v) is 13.9. The molecule has 23 heavy (non-hydrogen) atoms. The van der Waals surface area contributed by atoms with Crippen LogP contribution in [0.15, 0.2) is 0 Å². The van der Waals surface area contributed by atoms with Crippen LogP contribution >= 0.6 is 0 Å². The maximum Gasteiger partial charge on any atom is 0.417 e. The van der Waals surface area contributed by atoms with E-state index in [1.807, 2.05) is 0 Å².